The zero-order valence-corrected chi connectivity index (χ0v) is 18.7. The number of fused-ring (bicyclic) bond motifs is 1. The van der Waals surface area contributed by atoms with E-state index in [0.29, 0.717) is 18.1 Å². The van der Waals surface area contributed by atoms with E-state index in [1.165, 1.54) is 5.39 Å². The minimum absolute atomic E-state index is 0.372. The number of hydrogen-bond acceptors (Lipinski definition) is 4. The largest absolute Gasteiger partial charge is 0.493 e. The first-order valence-corrected chi connectivity index (χ1v) is 11.0. The zero-order chi connectivity index (χ0) is 23.2. The highest BCUT2D eigenvalue weighted by Crippen LogP contribution is 2.29. The van der Waals surface area contributed by atoms with Gasteiger partial charge in [-0.3, -0.25) is 10.1 Å². The number of aromatic amines is 2. The average molecular weight is 449 g/mol. The third-order valence-corrected chi connectivity index (χ3v) is 5.42. The zero-order valence-electron chi connectivity index (χ0n) is 18.7. The molecule has 0 saturated heterocycles. The number of methoxy groups -OCH3 is 1. The Morgan fingerprint density at radius 2 is 1.79 bits per heavy atom. The van der Waals surface area contributed by atoms with E-state index < -0.39 is 0 Å². The van der Waals surface area contributed by atoms with E-state index in [1.807, 2.05) is 79.0 Å². The van der Waals surface area contributed by atoms with Gasteiger partial charge in [0.2, 0.25) is 0 Å². The highest BCUT2D eigenvalue weighted by Gasteiger charge is 2.06. The molecule has 0 fully saturated rings. The van der Waals surface area contributed by atoms with E-state index in [4.69, 9.17) is 9.47 Å². The number of ether oxygens (including phenoxy) is 2. The second-order valence-electron chi connectivity index (χ2n) is 7.72. The first kappa shape index (κ1) is 21.3. The summed E-state index contributed by atoms with van der Waals surface area (Å²) < 4.78 is 11.4. The lowest BCUT2D eigenvalue weighted by molar-refractivity contribution is 0.280. The maximum Gasteiger partial charge on any atom is 0.162 e. The SMILES string of the molecule is COc1ccc(C=Cc2cc(C=Cc3c[nH]c4ccccc34)n[nH]2)cc1OCc1ccccn1. The predicted octanol–water partition coefficient (Wildman–Crippen LogP) is 6.21. The van der Waals surface area contributed by atoms with Gasteiger partial charge in [-0.2, -0.15) is 5.10 Å². The summed E-state index contributed by atoms with van der Waals surface area (Å²) in [6.07, 6.45) is 11.8. The molecule has 0 aliphatic rings. The van der Waals surface area contributed by atoms with Crippen LogP contribution in [0.3, 0.4) is 0 Å². The fraction of sp³-hybridized carbons (Fsp3) is 0.0714. The van der Waals surface area contributed by atoms with E-state index in [2.05, 4.69) is 38.4 Å². The smallest absolute Gasteiger partial charge is 0.162 e. The fourth-order valence-electron chi connectivity index (χ4n) is 3.66. The molecule has 0 bridgehead atoms. The Labute approximate surface area is 197 Å². The molecule has 0 saturated carbocycles. The monoisotopic (exact) mass is 448 g/mol. The molecule has 3 heterocycles. The topological polar surface area (TPSA) is 75.8 Å². The van der Waals surface area contributed by atoms with Gasteiger partial charge in [-0.05, 0) is 59.7 Å². The van der Waals surface area contributed by atoms with Gasteiger partial charge in [-0.1, -0.05) is 42.5 Å². The van der Waals surface area contributed by atoms with Crippen LogP contribution in [0.15, 0.2) is 79.1 Å². The van der Waals surface area contributed by atoms with Crippen molar-refractivity contribution in [2.45, 2.75) is 6.61 Å². The quantitative estimate of drug-likeness (QED) is 0.296. The minimum Gasteiger partial charge on any atom is -0.493 e. The number of aromatic nitrogens is 4. The number of para-hydroxylation sites is 1. The molecule has 6 nitrogen and oxygen atoms in total. The molecule has 2 aromatic carbocycles. The number of rotatable bonds is 8. The van der Waals surface area contributed by atoms with Gasteiger partial charge in [-0.25, -0.2) is 0 Å². The second-order valence-corrected chi connectivity index (χ2v) is 7.72. The number of H-pyrrole nitrogens is 2. The van der Waals surface area contributed by atoms with E-state index in [1.54, 1.807) is 13.3 Å². The summed E-state index contributed by atoms with van der Waals surface area (Å²) in [5, 5.41) is 8.65. The minimum atomic E-state index is 0.372. The molecule has 2 N–H and O–H groups in total. The van der Waals surface area contributed by atoms with E-state index in [-0.39, 0.29) is 0 Å². The normalized spacial score (nSPS) is 11.6. The van der Waals surface area contributed by atoms with Crippen LogP contribution in [-0.4, -0.2) is 27.3 Å². The van der Waals surface area contributed by atoms with Crippen molar-refractivity contribution in [3.05, 3.63) is 107 Å². The maximum atomic E-state index is 5.96. The standard InChI is InChI=1S/C28H24N4O2/c1-33-27-14-10-20(16-28(27)34-19-24-6-4-5-15-29-24)9-12-22-17-23(32-31-22)13-11-21-18-30-26-8-3-2-7-25(21)26/h2-18,30H,19H2,1H3,(H,31,32). The Balaban J connectivity index is 1.28. The molecule has 0 unspecified atom stereocenters. The fourth-order valence-corrected chi connectivity index (χ4v) is 3.66. The highest BCUT2D eigenvalue weighted by molar-refractivity contribution is 5.91. The summed E-state index contributed by atoms with van der Waals surface area (Å²) in [4.78, 5) is 7.58. The summed E-state index contributed by atoms with van der Waals surface area (Å²) in [5.41, 5.74) is 5.87. The number of pyridine rings is 1. The summed E-state index contributed by atoms with van der Waals surface area (Å²) in [6.45, 7) is 0.372. The van der Waals surface area contributed by atoms with Gasteiger partial charge in [-0.15, -0.1) is 0 Å². The van der Waals surface area contributed by atoms with E-state index in [0.717, 1.165) is 33.7 Å². The lowest BCUT2D eigenvalue weighted by Gasteiger charge is -2.11. The summed E-state index contributed by atoms with van der Waals surface area (Å²) in [6, 6.07) is 21.8. The van der Waals surface area contributed by atoms with Gasteiger partial charge in [0.15, 0.2) is 11.5 Å². The molecule has 0 aliphatic carbocycles. The Hall–Kier alpha value is -4.58. The van der Waals surface area contributed by atoms with Gasteiger partial charge < -0.3 is 14.5 Å². The van der Waals surface area contributed by atoms with Gasteiger partial charge in [0, 0.05) is 23.3 Å². The molecule has 5 aromatic rings. The average Bonchev–Trinajstić information content (AvgIpc) is 3.52. The molecular weight excluding hydrogens is 424 g/mol. The molecule has 0 spiro atoms. The van der Waals surface area contributed by atoms with Gasteiger partial charge >= 0.3 is 0 Å². The lowest BCUT2D eigenvalue weighted by Crippen LogP contribution is -1.99. The molecule has 0 aliphatic heterocycles. The van der Waals surface area contributed by atoms with Gasteiger partial charge in [0.1, 0.15) is 6.61 Å². The second kappa shape index (κ2) is 9.92. The Morgan fingerprint density at radius 3 is 2.68 bits per heavy atom. The van der Waals surface area contributed by atoms with Crippen molar-refractivity contribution < 1.29 is 9.47 Å². The molecule has 5 rings (SSSR count). The summed E-state index contributed by atoms with van der Waals surface area (Å²) >= 11 is 0. The number of nitrogens with zero attached hydrogens (tertiary/aromatic N) is 2. The van der Waals surface area contributed by atoms with Gasteiger partial charge in [0.25, 0.3) is 0 Å². The summed E-state index contributed by atoms with van der Waals surface area (Å²) in [5.74, 6) is 1.35. The van der Waals surface area contributed by atoms with Crippen LogP contribution in [-0.2, 0) is 6.61 Å². The predicted molar refractivity (Wildman–Crippen MR) is 136 cm³/mol. The Kier molecular flexibility index (Phi) is 6.21. The molecule has 0 radical (unpaired) electrons. The van der Waals surface area contributed by atoms with Crippen molar-refractivity contribution in [2.75, 3.05) is 7.11 Å². The van der Waals surface area contributed by atoms with Crippen molar-refractivity contribution in [1.29, 1.82) is 0 Å². The van der Waals surface area contributed by atoms with Crippen molar-refractivity contribution in [1.82, 2.24) is 20.2 Å². The number of hydrogen-bond donors (Lipinski definition) is 2. The van der Waals surface area contributed by atoms with Crippen molar-refractivity contribution >= 4 is 35.2 Å². The maximum absolute atomic E-state index is 5.96. The van der Waals surface area contributed by atoms with Crippen LogP contribution in [0, 0.1) is 0 Å². The van der Waals surface area contributed by atoms with Crippen molar-refractivity contribution in [3.63, 3.8) is 0 Å². The molecular formula is C28H24N4O2. The Bertz CT molecular complexity index is 1450. The summed E-state index contributed by atoms with van der Waals surface area (Å²) in [7, 11) is 1.63. The number of nitrogens with one attached hydrogen (secondary N) is 2. The molecule has 168 valence electrons. The highest BCUT2D eigenvalue weighted by atomic mass is 16.5. The first-order chi connectivity index (χ1) is 16.8. The van der Waals surface area contributed by atoms with Crippen LogP contribution in [0.2, 0.25) is 0 Å². The molecule has 0 amide bonds. The molecule has 34 heavy (non-hydrogen) atoms. The van der Waals surface area contributed by atoms with Crippen LogP contribution in [0.5, 0.6) is 11.5 Å². The molecule has 0 atom stereocenters. The van der Waals surface area contributed by atoms with Crippen molar-refractivity contribution in [3.8, 4) is 11.5 Å². The van der Waals surface area contributed by atoms with E-state index in [9.17, 15) is 0 Å². The molecule has 6 heteroatoms. The third-order valence-electron chi connectivity index (χ3n) is 5.42. The Morgan fingerprint density at radius 1 is 0.882 bits per heavy atom. The van der Waals surface area contributed by atoms with Crippen LogP contribution in [0.25, 0.3) is 35.2 Å². The van der Waals surface area contributed by atoms with Crippen LogP contribution in [0.4, 0.5) is 0 Å². The molecule has 3 aromatic heterocycles. The van der Waals surface area contributed by atoms with Gasteiger partial charge in [0.05, 0.1) is 24.2 Å². The third kappa shape index (κ3) is 4.91. The number of benzene rings is 2. The van der Waals surface area contributed by atoms with Crippen LogP contribution in [0.1, 0.15) is 28.2 Å². The van der Waals surface area contributed by atoms with Crippen LogP contribution >= 0.6 is 0 Å². The first-order valence-electron chi connectivity index (χ1n) is 11.0. The van der Waals surface area contributed by atoms with Crippen LogP contribution < -0.4 is 9.47 Å². The van der Waals surface area contributed by atoms with E-state index >= 15 is 0 Å². The lowest BCUT2D eigenvalue weighted by atomic mass is 10.1. The van der Waals surface area contributed by atoms with Crippen molar-refractivity contribution in [2.24, 2.45) is 0 Å².